The molecule has 0 aliphatic rings. The molecule has 2 aromatic rings. The highest BCUT2D eigenvalue weighted by Crippen LogP contribution is 2.27. The highest BCUT2D eigenvalue weighted by Gasteiger charge is 2.20. The van der Waals surface area contributed by atoms with Crippen LogP contribution in [0.5, 0.6) is 0 Å². The number of anilines is 2. The van der Waals surface area contributed by atoms with Crippen LogP contribution in [0.25, 0.3) is 0 Å². The first-order valence-electron chi connectivity index (χ1n) is 5.37. The Kier molecular flexibility index (Phi) is 3.55. The van der Waals surface area contributed by atoms with Crippen molar-refractivity contribution >= 4 is 37.5 Å². The molecule has 0 aliphatic heterocycles. The molecule has 0 aliphatic carbocycles. The van der Waals surface area contributed by atoms with E-state index in [2.05, 4.69) is 25.8 Å². The molecule has 0 spiro atoms. The maximum absolute atomic E-state index is 12.3. The molecule has 1 aromatic carbocycles. The fourth-order valence-electron chi connectivity index (χ4n) is 1.62. The van der Waals surface area contributed by atoms with Crippen molar-refractivity contribution in [1.29, 1.82) is 0 Å². The Morgan fingerprint density at radius 1 is 1.42 bits per heavy atom. The number of aryl methyl sites for hydroxylation is 1. The summed E-state index contributed by atoms with van der Waals surface area (Å²) in [4.78, 5) is 0.139. The zero-order valence-corrected chi connectivity index (χ0v) is 12.8. The van der Waals surface area contributed by atoms with Crippen LogP contribution in [0.2, 0.25) is 0 Å². The number of rotatable bonds is 3. The van der Waals surface area contributed by atoms with Crippen molar-refractivity contribution in [3.05, 3.63) is 34.4 Å². The fraction of sp³-hybridized carbons (Fsp3) is 0.182. The molecule has 2 rings (SSSR count). The smallest absolute Gasteiger partial charge is 0.263 e. The first kappa shape index (κ1) is 13.9. The average Bonchev–Trinajstić information content (AvgIpc) is 2.69. The number of benzene rings is 1. The Hall–Kier alpha value is -1.54. The minimum atomic E-state index is -3.70. The van der Waals surface area contributed by atoms with Gasteiger partial charge < -0.3 is 5.73 Å². The van der Waals surface area contributed by atoms with Gasteiger partial charge in [-0.3, -0.25) is 9.40 Å². The van der Waals surface area contributed by atoms with Crippen molar-refractivity contribution in [2.45, 2.75) is 11.8 Å². The first-order chi connectivity index (χ1) is 8.81. The maximum atomic E-state index is 12.3. The number of aromatic nitrogens is 2. The van der Waals surface area contributed by atoms with Gasteiger partial charge in [-0.2, -0.15) is 5.10 Å². The van der Waals surface area contributed by atoms with E-state index in [0.29, 0.717) is 21.5 Å². The van der Waals surface area contributed by atoms with E-state index in [0.717, 1.165) is 0 Å². The minimum Gasteiger partial charge on any atom is -0.398 e. The molecule has 0 unspecified atom stereocenters. The summed E-state index contributed by atoms with van der Waals surface area (Å²) in [7, 11) is -2.05. The lowest BCUT2D eigenvalue weighted by Crippen LogP contribution is -2.17. The van der Waals surface area contributed by atoms with E-state index in [4.69, 9.17) is 5.73 Å². The van der Waals surface area contributed by atoms with Gasteiger partial charge in [0.2, 0.25) is 0 Å². The van der Waals surface area contributed by atoms with E-state index < -0.39 is 10.0 Å². The summed E-state index contributed by atoms with van der Waals surface area (Å²) in [6, 6.07) is 4.76. The maximum Gasteiger partial charge on any atom is 0.263 e. The Bertz CT molecular complexity index is 724. The molecule has 3 N–H and O–H groups in total. The van der Waals surface area contributed by atoms with Crippen molar-refractivity contribution in [1.82, 2.24) is 9.78 Å². The second-order valence-corrected chi connectivity index (χ2v) is 6.63. The highest BCUT2D eigenvalue weighted by molar-refractivity contribution is 9.10. The number of nitrogen functional groups attached to an aromatic ring is 1. The predicted molar refractivity (Wildman–Crippen MR) is 77.3 cm³/mol. The first-order valence-corrected chi connectivity index (χ1v) is 7.65. The summed E-state index contributed by atoms with van der Waals surface area (Å²) >= 11 is 3.24. The Balaban J connectivity index is 2.49. The number of hydrogen-bond acceptors (Lipinski definition) is 4. The van der Waals surface area contributed by atoms with E-state index >= 15 is 0 Å². The number of nitrogens with zero attached hydrogens (tertiary/aromatic N) is 2. The lowest BCUT2D eigenvalue weighted by atomic mass is 10.2. The largest absolute Gasteiger partial charge is 0.398 e. The summed E-state index contributed by atoms with van der Waals surface area (Å²) in [5.74, 6) is 0.387. The summed E-state index contributed by atoms with van der Waals surface area (Å²) < 4.78 is 29.2. The fourth-order valence-corrected chi connectivity index (χ4v) is 3.64. The standard InChI is InChI=1S/C11H13BrN4O2S/c1-7-9(13)5-8(12)6-10(7)19(17,18)15-11-3-4-14-16(11)2/h3-6,15H,13H2,1-2H3. The van der Waals surface area contributed by atoms with Gasteiger partial charge in [0, 0.05) is 23.3 Å². The summed E-state index contributed by atoms with van der Waals surface area (Å²) in [6.07, 6.45) is 1.51. The molecule has 102 valence electrons. The van der Waals surface area contributed by atoms with Crippen LogP contribution in [0.1, 0.15) is 5.56 Å². The molecule has 0 bridgehead atoms. The lowest BCUT2D eigenvalue weighted by Gasteiger charge is -2.12. The van der Waals surface area contributed by atoms with Crippen LogP contribution in [-0.2, 0) is 17.1 Å². The Morgan fingerprint density at radius 2 is 2.11 bits per heavy atom. The molecule has 0 amide bonds. The van der Waals surface area contributed by atoms with Crippen molar-refractivity contribution in [3.63, 3.8) is 0 Å². The van der Waals surface area contributed by atoms with Gasteiger partial charge in [-0.05, 0) is 24.6 Å². The average molecular weight is 345 g/mol. The van der Waals surface area contributed by atoms with Crippen LogP contribution in [0.4, 0.5) is 11.5 Å². The molecule has 1 heterocycles. The summed E-state index contributed by atoms with van der Waals surface area (Å²) in [5.41, 5.74) is 6.71. The molecule has 6 nitrogen and oxygen atoms in total. The molecule has 0 saturated heterocycles. The van der Waals surface area contributed by atoms with Crippen LogP contribution in [0.3, 0.4) is 0 Å². The van der Waals surface area contributed by atoms with E-state index in [9.17, 15) is 8.42 Å². The van der Waals surface area contributed by atoms with Gasteiger partial charge in [0.1, 0.15) is 5.82 Å². The van der Waals surface area contributed by atoms with Crippen LogP contribution in [0.15, 0.2) is 33.8 Å². The van der Waals surface area contributed by atoms with Gasteiger partial charge in [-0.25, -0.2) is 8.42 Å². The van der Waals surface area contributed by atoms with Gasteiger partial charge in [0.25, 0.3) is 10.0 Å². The molecule has 19 heavy (non-hydrogen) atoms. The summed E-state index contributed by atoms with van der Waals surface area (Å²) in [6.45, 7) is 1.67. The van der Waals surface area contributed by atoms with Gasteiger partial charge in [-0.1, -0.05) is 15.9 Å². The van der Waals surface area contributed by atoms with Gasteiger partial charge in [0.15, 0.2) is 0 Å². The van der Waals surface area contributed by atoms with Gasteiger partial charge in [0.05, 0.1) is 11.1 Å². The van der Waals surface area contributed by atoms with E-state index in [1.165, 1.54) is 16.9 Å². The molecule has 0 radical (unpaired) electrons. The number of nitrogens with one attached hydrogen (secondary N) is 1. The SMILES string of the molecule is Cc1c(N)cc(Br)cc1S(=O)(=O)Nc1ccnn1C. The van der Waals surface area contributed by atoms with Gasteiger partial charge in [-0.15, -0.1) is 0 Å². The third-order valence-corrected chi connectivity index (χ3v) is 4.65. The monoisotopic (exact) mass is 344 g/mol. The second-order valence-electron chi connectivity index (χ2n) is 4.06. The molecule has 0 atom stereocenters. The van der Waals surface area contributed by atoms with Crippen molar-refractivity contribution in [2.75, 3.05) is 10.5 Å². The zero-order valence-electron chi connectivity index (χ0n) is 10.4. The predicted octanol–water partition coefficient (Wildman–Crippen LogP) is 1.87. The second kappa shape index (κ2) is 4.86. The van der Waals surface area contributed by atoms with Crippen molar-refractivity contribution in [2.24, 2.45) is 7.05 Å². The normalized spacial score (nSPS) is 11.5. The number of halogens is 1. The third kappa shape index (κ3) is 2.74. The molecule has 0 fully saturated rings. The zero-order chi connectivity index (χ0) is 14.2. The van der Waals surface area contributed by atoms with E-state index in [1.807, 2.05) is 0 Å². The molecule has 1 aromatic heterocycles. The molecule has 8 heteroatoms. The van der Waals surface area contributed by atoms with Crippen LogP contribution in [0, 0.1) is 6.92 Å². The number of nitrogens with two attached hydrogens (primary N) is 1. The Labute approximate surface area is 119 Å². The quantitative estimate of drug-likeness (QED) is 0.831. The number of sulfonamides is 1. The van der Waals surface area contributed by atoms with E-state index in [-0.39, 0.29) is 4.90 Å². The highest BCUT2D eigenvalue weighted by atomic mass is 79.9. The van der Waals surface area contributed by atoms with Gasteiger partial charge >= 0.3 is 0 Å². The summed E-state index contributed by atoms with van der Waals surface area (Å²) in [5, 5.41) is 3.91. The third-order valence-electron chi connectivity index (χ3n) is 2.71. The van der Waals surface area contributed by atoms with Crippen LogP contribution >= 0.6 is 15.9 Å². The van der Waals surface area contributed by atoms with Crippen LogP contribution in [-0.4, -0.2) is 18.2 Å². The number of hydrogen-bond donors (Lipinski definition) is 2. The lowest BCUT2D eigenvalue weighted by molar-refractivity contribution is 0.599. The van der Waals surface area contributed by atoms with E-state index in [1.54, 1.807) is 26.1 Å². The minimum absolute atomic E-state index is 0.139. The van der Waals surface area contributed by atoms with Crippen molar-refractivity contribution < 1.29 is 8.42 Å². The molecule has 0 saturated carbocycles. The van der Waals surface area contributed by atoms with Crippen LogP contribution < -0.4 is 10.5 Å². The molecular formula is C11H13BrN4O2S. The molecular weight excluding hydrogens is 332 g/mol. The van der Waals surface area contributed by atoms with Crippen molar-refractivity contribution in [3.8, 4) is 0 Å². The topological polar surface area (TPSA) is 90.0 Å². The Morgan fingerprint density at radius 3 is 2.68 bits per heavy atom.